The fourth-order valence-electron chi connectivity index (χ4n) is 2.04. The monoisotopic (exact) mass is 251 g/mol. The molecule has 0 radical (unpaired) electrons. The number of carbonyl (C=O) groups excluding carboxylic acids is 1. The Bertz CT molecular complexity index is 377. The van der Waals surface area contributed by atoms with Crippen molar-refractivity contribution < 1.29 is 13.9 Å². The molecule has 0 bridgehead atoms. The van der Waals surface area contributed by atoms with Crippen molar-refractivity contribution in [2.45, 2.75) is 32.0 Å². The van der Waals surface area contributed by atoms with Crippen molar-refractivity contribution in [3.63, 3.8) is 0 Å². The first-order valence-corrected chi connectivity index (χ1v) is 6.32. The summed E-state index contributed by atoms with van der Waals surface area (Å²) >= 11 is 0. The van der Waals surface area contributed by atoms with Gasteiger partial charge in [0.1, 0.15) is 12.8 Å². The zero-order chi connectivity index (χ0) is 12.8. The highest BCUT2D eigenvalue weighted by atomic mass is 19.1. The number of ether oxygens (including phenoxy) is 1. The van der Waals surface area contributed by atoms with Crippen molar-refractivity contribution in [3.8, 4) is 0 Å². The van der Waals surface area contributed by atoms with Crippen LogP contribution in [0.4, 0.5) is 9.18 Å². The lowest BCUT2D eigenvalue weighted by Gasteiger charge is -2.29. The van der Waals surface area contributed by atoms with E-state index in [1.165, 1.54) is 0 Å². The fraction of sp³-hybridized carbons (Fsp3) is 0.500. The highest BCUT2D eigenvalue weighted by molar-refractivity contribution is 5.67. The third kappa shape index (κ3) is 4.02. The summed E-state index contributed by atoms with van der Waals surface area (Å²) in [4.78, 5) is 11.4. The second-order valence-corrected chi connectivity index (χ2v) is 4.71. The molecule has 1 N–H and O–H groups in total. The number of alkyl carbamates (subject to hydrolysis) is 1. The van der Waals surface area contributed by atoms with Gasteiger partial charge in [-0.25, -0.2) is 9.18 Å². The lowest BCUT2D eigenvalue weighted by molar-refractivity contribution is 0.118. The van der Waals surface area contributed by atoms with Gasteiger partial charge in [0.2, 0.25) is 0 Å². The number of rotatable bonds is 5. The lowest BCUT2D eigenvalue weighted by atomic mass is 9.81. The van der Waals surface area contributed by atoms with E-state index in [0.29, 0.717) is 25.3 Å². The predicted octanol–water partition coefficient (Wildman–Crippen LogP) is 3.05. The van der Waals surface area contributed by atoms with Crippen LogP contribution in [-0.2, 0) is 11.3 Å². The first kappa shape index (κ1) is 12.9. The van der Waals surface area contributed by atoms with Crippen LogP contribution in [-0.4, -0.2) is 18.8 Å². The summed E-state index contributed by atoms with van der Waals surface area (Å²) in [5.41, 5.74) is 0.965. The number of hydrogen-bond donors (Lipinski definition) is 1. The molecule has 4 heteroatoms. The Balaban J connectivity index is 1.55. The zero-order valence-corrected chi connectivity index (χ0v) is 10.3. The van der Waals surface area contributed by atoms with Gasteiger partial charge in [-0.3, -0.25) is 0 Å². The summed E-state index contributed by atoms with van der Waals surface area (Å²) in [5, 5.41) is 2.68. The minimum Gasteiger partial charge on any atom is -0.445 e. The molecule has 1 amide bonds. The number of benzene rings is 1. The van der Waals surface area contributed by atoms with Gasteiger partial charge < -0.3 is 10.1 Å². The summed E-state index contributed by atoms with van der Waals surface area (Å²) in [7, 11) is 0. The van der Waals surface area contributed by atoms with Crippen LogP contribution in [0.15, 0.2) is 30.3 Å². The normalized spacial score (nSPS) is 22.1. The molecule has 0 aliphatic heterocycles. The molecular weight excluding hydrogens is 233 g/mol. The predicted molar refractivity (Wildman–Crippen MR) is 66.9 cm³/mol. The third-order valence-corrected chi connectivity index (χ3v) is 3.21. The van der Waals surface area contributed by atoms with Crippen molar-refractivity contribution in [1.29, 1.82) is 0 Å². The number of halogens is 1. The van der Waals surface area contributed by atoms with Crippen molar-refractivity contribution in [2.24, 2.45) is 5.92 Å². The van der Waals surface area contributed by atoms with Gasteiger partial charge in [-0.05, 0) is 30.7 Å². The van der Waals surface area contributed by atoms with Crippen LogP contribution in [0, 0.1) is 5.92 Å². The Hall–Kier alpha value is -1.58. The maximum atomic E-state index is 12.5. The number of alkyl halides is 1. The molecule has 1 saturated carbocycles. The van der Waals surface area contributed by atoms with Crippen molar-refractivity contribution in [3.05, 3.63) is 35.9 Å². The van der Waals surface area contributed by atoms with Crippen LogP contribution < -0.4 is 5.32 Å². The van der Waals surface area contributed by atoms with Gasteiger partial charge in [-0.1, -0.05) is 30.3 Å². The molecule has 1 aliphatic rings. The fourth-order valence-corrected chi connectivity index (χ4v) is 2.04. The number of carbonyl (C=O) groups is 1. The van der Waals surface area contributed by atoms with E-state index in [2.05, 4.69) is 5.32 Å². The average molecular weight is 251 g/mol. The van der Waals surface area contributed by atoms with E-state index in [1.807, 2.05) is 30.3 Å². The third-order valence-electron chi connectivity index (χ3n) is 3.21. The number of amides is 1. The molecule has 2 rings (SSSR count). The molecule has 0 atom stereocenters. The smallest absolute Gasteiger partial charge is 0.407 e. The first-order chi connectivity index (χ1) is 8.74. The van der Waals surface area contributed by atoms with E-state index >= 15 is 0 Å². The van der Waals surface area contributed by atoms with Gasteiger partial charge in [0.25, 0.3) is 0 Å². The molecule has 98 valence electrons. The van der Waals surface area contributed by atoms with Crippen molar-refractivity contribution in [1.82, 2.24) is 5.32 Å². The second kappa shape index (κ2) is 6.38. The Labute approximate surface area is 106 Å². The molecule has 1 aromatic carbocycles. The number of hydrogen-bond acceptors (Lipinski definition) is 2. The Kier molecular flexibility index (Phi) is 4.56. The average Bonchev–Trinajstić information content (AvgIpc) is 2.35. The molecule has 3 nitrogen and oxygen atoms in total. The summed E-state index contributed by atoms with van der Waals surface area (Å²) in [6.45, 7) is 0.841. The van der Waals surface area contributed by atoms with E-state index in [0.717, 1.165) is 12.0 Å². The van der Waals surface area contributed by atoms with Gasteiger partial charge in [0, 0.05) is 6.54 Å². The van der Waals surface area contributed by atoms with Gasteiger partial charge in [-0.15, -0.1) is 0 Å². The van der Waals surface area contributed by atoms with E-state index < -0.39 is 12.3 Å². The maximum absolute atomic E-state index is 12.5. The van der Waals surface area contributed by atoms with E-state index in [9.17, 15) is 9.18 Å². The van der Waals surface area contributed by atoms with Crippen molar-refractivity contribution >= 4 is 6.09 Å². The molecule has 0 heterocycles. The summed E-state index contributed by atoms with van der Waals surface area (Å²) < 4.78 is 17.6. The lowest BCUT2D eigenvalue weighted by Crippen LogP contribution is -2.31. The van der Waals surface area contributed by atoms with Crippen LogP contribution in [0.1, 0.15) is 24.8 Å². The Morgan fingerprint density at radius 3 is 2.72 bits per heavy atom. The summed E-state index contributed by atoms with van der Waals surface area (Å²) in [5.74, 6) is 0.425. The van der Waals surface area contributed by atoms with Crippen LogP contribution in [0.25, 0.3) is 0 Å². The highest BCUT2D eigenvalue weighted by Crippen LogP contribution is 2.32. The summed E-state index contributed by atoms with van der Waals surface area (Å²) in [6.07, 6.45) is 1.08. The standard InChI is InChI=1S/C14H18FNO2/c15-13-8-12(9-13)6-7-16-14(17)18-10-11-4-2-1-3-5-11/h1-5,12-13H,6-10H2,(H,16,17). The number of nitrogens with one attached hydrogen (secondary N) is 1. The van der Waals surface area contributed by atoms with E-state index in [1.54, 1.807) is 0 Å². The molecular formula is C14H18FNO2. The Morgan fingerprint density at radius 1 is 1.33 bits per heavy atom. The Morgan fingerprint density at radius 2 is 2.06 bits per heavy atom. The van der Waals surface area contributed by atoms with Gasteiger partial charge in [-0.2, -0.15) is 0 Å². The van der Waals surface area contributed by atoms with Crippen molar-refractivity contribution in [2.75, 3.05) is 6.54 Å². The zero-order valence-electron chi connectivity index (χ0n) is 10.3. The molecule has 1 fully saturated rings. The molecule has 0 spiro atoms. The molecule has 1 aliphatic carbocycles. The van der Waals surface area contributed by atoms with Gasteiger partial charge in [0.05, 0.1) is 0 Å². The topological polar surface area (TPSA) is 38.3 Å². The van der Waals surface area contributed by atoms with E-state index in [4.69, 9.17) is 4.74 Å². The SMILES string of the molecule is O=C(NCCC1CC(F)C1)OCc1ccccc1. The second-order valence-electron chi connectivity index (χ2n) is 4.71. The minimum absolute atomic E-state index is 0.280. The molecule has 1 aromatic rings. The van der Waals surface area contributed by atoms with Crippen LogP contribution in [0.3, 0.4) is 0 Å². The maximum Gasteiger partial charge on any atom is 0.407 e. The molecule has 0 aromatic heterocycles. The van der Waals surface area contributed by atoms with Gasteiger partial charge >= 0.3 is 6.09 Å². The van der Waals surface area contributed by atoms with Crippen LogP contribution in [0.2, 0.25) is 0 Å². The summed E-state index contributed by atoms with van der Waals surface area (Å²) in [6, 6.07) is 9.54. The molecule has 0 saturated heterocycles. The largest absolute Gasteiger partial charge is 0.445 e. The van der Waals surface area contributed by atoms with Crippen LogP contribution in [0.5, 0.6) is 0 Å². The minimum atomic E-state index is -0.625. The quantitative estimate of drug-likeness (QED) is 0.873. The highest BCUT2D eigenvalue weighted by Gasteiger charge is 2.28. The van der Waals surface area contributed by atoms with E-state index in [-0.39, 0.29) is 6.61 Å². The molecule has 0 unspecified atom stereocenters. The van der Waals surface area contributed by atoms with Gasteiger partial charge in [0.15, 0.2) is 0 Å². The first-order valence-electron chi connectivity index (χ1n) is 6.32. The molecule has 18 heavy (non-hydrogen) atoms. The van der Waals surface area contributed by atoms with Crippen LogP contribution >= 0.6 is 0 Å².